The summed E-state index contributed by atoms with van der Waals surface area (Å²) in [4.78, 5) is 15.3. The van der Waals surface area contributed by atoms with Gasteiger partial charge in [0.05, 0.1) is 25.3 Å². The maximum absolute atomic E-state index is 13.3. The second-order valence-corrected chi connectivity index (χ2v) is 8.32. The second kappa shape index (κ2) is 8.83. The topological polar surface area (TPSA) is 57.2 Å². The SMILES string of the molecule is COc1ccc(CN2COc3cc(C)c4c(c3C2)O/C(=C\c2ccc(F)cc2)C4=O)cc1OC. The molecule has 3 aromatic carbocycles. The Bertz CT molecular complexity index is 1300. The van der Waals surface area contributed by atoms with Crippen LogP contribution in [0, 0.1) is 12.7 Å². The lowest BCUT2D eigenvalue weighted by Crippen LogP contribution is -2.31. The summed E-state index contributed by atoms with van der Waals surface area (Å²) >= 11 is 0. The standard InChI is InChI=1S/C27H24FNO5/c1-16-10-22-20(14-29(15-33-22)13-18-6-9-21(31-2)23(12-18)32-3)27-25(16)26(30)24(34-27)11-17-4-7-19(28)8-5-17/h4-12H,13-15H2,1-3H3/b24-11-. The molecule has 0 bridgehead atoms. The lowest BCUT2D eigenvalue weighted by molar-refractivity contribution is 0.0871. The molecule has 0 aliphatic carbocycles. The number of fused-ring (bicyclic) bond motifs is 3. The molecule has 0 fully saturated rings. The number of ether oxygens (including phenoxy) is 4. The number of halogens is 1. The third-order valence-electron chi connectivity index (χ3n) is 6.01. The van der Waals surface area contributed by atoms with Crippen LogP contribution < -0.4 is 18.9 Å². The zero-order valence-electron chi connectivity index (χ0n) is 19.2. The van der Waals surface area contributed by atoms with Crippen molar-refractivity contribution in [2.75, 3.05) is 21.0 Å². The fraction of sp³-hybridized carbons (Fsp3) is 0.222. The number of allylic oxidation sites excluding steroid dienone is 1. The Kier molecular flexibility index (Phi) is 5.71. The molecule has 2 aliphatic rings. The molecular formula is C27H24FNO5. The van der Waals surface area contributed by atoms with E-state index < -0.39 is 0 Å². The van der Waals surface area contributed by atoms with Gasteiger partial charge in [0.25, 0.3) is 0 Å². The van der Waals surface area contributed by atoms with Gasteiger partial charge in [0.2, 0.25) is 5.78 Å². The Hall–Kier alpha value is -3.84. The van der Waals surface area contributed by atoms with E-state index in [2.05, 4.69) is 4.90 Å². The average Bonchev–Trinajstić information content (AvgIpc) is 3.17. The molecule has 174 valence electrons. The first-order chi connectivity index (χ1) is 16.5. The van der Waals surface area contributed by atoms with Crippen LogP contribution in [0.25, 0.3) is 6.08 Å². The zero-order valence-corrected chi connectivity index (χ0v) is 19.2. The van der Waals surface area contributed by atoms with E-state index in [-0.39, 0.29) is 17.4 Å². The molecule has 5 rings (SSSR count). The van der Waals surface area contributed by atoms with Crippen LogP contribution in [0.15, 0.2) is 54.3 Å². The third kappa shape index (κ3) is 3.99. The van der Waals surface area contributed by atoms with Gasteiger partial charge >= 0.3 is 0 Å². The Morgan fingerprint density at radius 1 is 1.06 bits per heavy atom. The Morgan fingerprint density at radius 3 is 2.56 bits per heavy atom. The maximum atomic E-state index is 13.3. The number of nitrogens with zero attached hydrogens (tertiary/aromatic N) is 1. The van der Waals surface area contributed by atoms with E-state index >= 15 is 0 Å². The number of ketones is 1. The molecule has 0 saturated carbocycles. The highest BCUT2D eigenvalue weighted by Gasteiger charge is 2.35. The van der Waals surface area contributed by atoms with Crippen molar-refractivity contribution >= 4 is 11.9 Å². The number of carbonyl (C=O) groups excluding carboxylic acids is 1. The van der Waals surface area contributed by atoms with Gasteiger partial charge in [-0.2, -0.15) is 0 Å². The number of aryl methyl sites for hydroxylation is 1. The molecule has 0 unspecified atom stereocenters. The number of benzene rings is 3. The van der Waals surface area contributed by atoms with E-state index in [0.717, 1.165) is 22.4 Å². The molecule has 0 N–H and O–H groups in total. The van der Waals surface area contributed by atoms with E-state index in [1.807, 2.05) is 31.2 Å². The van der Waals surface area contributed by atoms with E-state index in [4.69, 9.17) is 18.9 Å². The largest absolute Gasteiger partial charge is 0.493 e. The van der Waals surface area contributed by atoms with Gasteiger partial charge < -0.3 is 18.9 Å². The Morgan fingerprint density at radius 2 is 1.82 bits per heavy atom. The van der Waals surface area contributed by atoms with E-state index in [1.54, 1.807) is 32.4 Å². The van der Waals surface area contributed by atoms with E-state index in [0.29, 0.717) is 48.2 Å². The van der Waals surface area contributed by atoms with Crippen molar-refractivity contribution in [3.63, 3.8) is 0 Å². The highest BCUT2D eigenvalue weighted by atomic mass is 19.1. The molecule has 0 amide bonds. The molecule has 6 nitrogen and oxygen atoms in total. The highest BCUT2D eigenvalue weighted by Crippen LogP contribution is 2.44. The quantitative estimate of drug-likeness (QED) is 0.492. The summed E-state index contributed by atoms with van der Waals surface area (Å²) < 4.78 is 36.1. The van der Waals surface area contributed by atoms with Crippen LogP contribution in [-0.4, -0.2) is 31.6 Å². The van der Waals surface area contributed by atoms with Crippen molar-refractivity contribution in [2.24, 2.45) is 0 Å². The third-order valence-corrected chi connectivity index (χ3v) is 6.01. The molecule has 3 aromatic rings. The van der Waals surface area contributed by atoms with Gasteiger partial charge in [0.1, 0.15) is 24.0 Å². The van der Waals surface area contributed by atoms with Gasteiger partial charge in [-0.05, 0) is 60.0 Å². The molecule has 7 heteroatoms. The first-order valence-electron chi connectivity index (χ1n) is 10.9. The monoisotopic (exact) mass is 461 g/mol. The minimum atomic E-state index is -0.333. The van der Waals surface area contributed by atoms with Crippen LogP contribution in [0.1, 0.15) is 32.6 Å². The lowest BCUT2D eigenvalue weighted by Gasteiger charge is -2.30. The average molecular weight is 461 g/mol. The molecule has 0 radical (unpaired) electrons. The van der Waals surface area contributed by atoms with E-state index in [1.165, 1.54) is 12.1 Å². The highest BCUT2D eigenvalue weighted by molar-refractivity contribution is 6.15. The summed E-state index contributed by atoms with van der Waals surface area (Å²) in [5.74, 6) is 2.29. The lowest BCUT2D eigenvalue weighted by atomic mass is 9.98. The number of hydrogen-bond acceptors (Lipinski definition) is 6. The predicted molar refractivity (Wildman–Crippen MR) is 125 cm³/mol. The minimum absolute atomic E-state index is 0.184. The van der Waals surface area contributed by atoms with Crippen molar-refractivity contribution in [3.8, 4) is 23.0 Å². The molecule has 0 saturated heterocycles. The van der Waals surface area contributed by atoms with Crippen molar-refractivity contribution in [2.45, 2.75) is 20.0 Å². The van der Waals surface area contributed by atoms with Gasteiger partial charge in [0.15, 0.2) is 17.3 Å². The zero-order chi connectivity index (χ0) is 23.8. The molecule has 2 heterocycles. The van der Waals surface area contributed by atoms with Gasteiger partial charge in [-0.15, -0.1) is 0 Å². The Balaban J connectivity index is 1.42. The van der Waals surface area contributed by atoms with Gasteiger partial charge in [-0.1, -0.05) is 18.2 Å². The molecule has 2 aliphatic heterocycles. The van der Waals surface area contributed by atoms with E-state index in [9.17, 15) is 9.18 Å². The molecule has 0 atom stereocenters. The van der Waals surface area contributed by atoms with Crippen molar-refractivity contribution in [1.82, 2.24) is 4.90 Å². The molecule has 0 spiro atoms. The fourth-order valence-corrected chi connectivity index (χ4v) is 4.32. The predicted octanol–water partition coefficient (Wildman–Crippen LogP) is 5.12. The number of hydrogen-bond donors (Lipinski definition) is 0. The summed E-state index contributed by atoms with van der Waals surface area (Å²) in [5, 5.41) is 0. The fourth-order valence-electron chi connectivity index (χ4n) is 4.32. The number of methoxy groups -OCH3 is 2. The number of carbonyl (C=O) groups is 1. The van der Waals surface area contributed by atoms with Gasteiger partial charge in [0, 0.05) is 13.1 Å². The van der Waals surface area contributed by atoms with Crippen LogP contribution in [0.3, 0.4) is 0 Å². The van der Waals surface area contributed by atoms with Gasteiger partial charge in [-0.25, -0.2) is 4.39 Å². The van der Waals surface area contributed by atoms with Crippen LogP contribution in [0.4, 0.5) is 4.39 Å². The molecule has 34 heavy (non-hydrogen) atoms. The Labute approximate surface area is 197 Å². The first kappa shape index (κ1) is 22.0. The van der Waals surface area contributed by atoms with Gasteiger partial charge in [-0.3, -0.25) is 9.69 Å². The van der Waals surface area contributed by atoms with Crippen LogP contribution in [-0.2, 0) is 13.1 Å². The summed E-state index contributed by atoms with van der Waals surface area (Å²) in [5.41, 5.74) is 3.92. The normalized spacial score (nSPS) is 16.0. The second-order valence-electron chi connectivity index (χ2n) is 8.32. The van der Waals surface area contributed by atoms with Crippen molar-refractivity contribution in [1.29, 1.82) is 0 Å². The number of rotatable bonds is 5. The molecule has 0 aromatic heterocycles. The maximum Gasteiger partial charge on any atom is 0.232 e. The summed E-state index contributed by atoms with van der Waals surface area (Å²) in [6.45, 7) is 3.46. The smallest absolute Gasteiger partial charge is 0.232 e. The van der Waals surface area contributed by atoms with Crippen molar-refractivity contribution in [3.05, 3.63) is 87.9 Å². The minimum Gasteiger partial charge on any atom is -0.493 e. The first-order valence-corrected chi connectivity index (χ1v) is 10.9. The van der Waals surface area contributed by atoms with Crippen LogP contribution in [0.2, 0.25) is 0 Å². The molecular weight excluding hydrogens is 437 g/mol. The number of Topliss-reactive ketones (excluding diaryl/α,β-unsaturated/α-hetero) is 1. The summed E-state index contributed by atoms with van der Waals surface area (Å²) in [7, 11) is 3.22. The van der Waals surface area contributed by atoms with Crippen molar-refractivity contribution < 1.29 is 28.1 Å². The summed E-state index contributed by atoms with van der Waals surface area (Å²) in [6.07, 6.45) is 1.64. The van der Waals surface area contributed by atoms with Crippen LogP contribution >= 0.6 is 0 Å². The van der Waals surface area contributed by atoms with Crippen LogP contribution in [0.5, 0.6) is 23.0 Å². The summed E-state index contributed by atoms with van der Waals surface area (Å²) in [6, 6.07) is 13.6.